The second kappa shape index (κ2) is 6.09. The van der Waals surface area contributed by atoms with E-state index in [0.717, 1.165) is 38.5 Å². The van der Waals surface area contributed by atoms with Crippen molar-refractivity contribution in [1.29, 1.82) is 0 Å². The summed E-state index contributed by atoms with van der Waals surface area (Å²) in [5, 5.41) is 23.9. The molecule has 2 N–H and O–H groups in total. The number of ether oxygens (including phenoxy) is 1. The fourth-order valence-electron chi connectivity index (χ4n) is 9.96. The number of esters is 1. The molecule has 0 bridgehead atoms. The van der Waals surface area contributed by atoms with Crippen LogP contribution in [0.25, 0.3) is 0 Å². The quantitative estimate of drug-likeness (QED) is 0.380. The van der Waals surface area contributed by atoms with Crippen LogP contribution in [0.3, 0.4) is 0 Å². The maximum Gasteiger partial charge on any atom is 0.384 e. The molecule has 0 aromatic carbocycles. The van der Waals surface area contributed by atoms with Crippen LogP contribution in [0.2, 0.25) is 0 Å². The van der Waals surface area contributed by atoms with Gasteiger partial charge in [-0.05, 0) is 98.7 Å². The average Bonchev–Trinajstić information content (AvgIpc) is 3.61. The Balaban J connectivity index is 1.37. The number of carbonyl (C=O) groups excluding carboxylic acids is 1. The van der Waals surface area contributed by atoms with Gasteiger partial charge in [-0.3, -0.25) is 0 Å². The number of fused-ring (bicyclic) bond motifs is 10. The van der Waals surface area contributed by atoms with Crippen molar-refractivity contribution in [2.75, 3.05) is 6.61 Å². The molecule has 0 aromatic rings. The highest BCUT2D eigenvalue weighted by atomic mass is 16.5. The molecule has 0 aliphatic heterocycles. The third-order valence-electron chi connectivity index (χ3n) is 11.5. The highest BCUT2D eigenvalue weighted by Gasteiger charge is 2.81. The Morgan fingerprint density at radius 1 is 1.03 bits per heavy atom. The van der Waals surface area contributed by atoms with Crippen LogP contribution in [0.4, 0.5) is 0 Å². The Morgan fingerprint density at radius 3 is 2.48 bits per heavy atom. The summed E-state index contributed by atoms with van der Waals surface area (Å²) in [5.41, 5.74) is -1.83. The zero-order chi connectivity index (χ0) is 22.0. The number of carbonyl (C=O) groups is 1. The molecule has 4 nitrogen and oxygen atoms in total. The molecule has 6 fully saturated rings. The van der Waals surface area contributed by atoms with Crippen molar-refractivity contribution in [2.24, 2.45) is 58.2 Å². The highest BCUT2D eigenvalue weighted by Crippen LogP contribution is 2.81. The van der Waals surface area contributed by atoms with Crippen LogP contribution >= 0.6 is 0 Å². The zero-order valence-corrected chi connectivity index (χ0v) is 19.5. The molecule has 0 saturated heterocycles. The first-order valence-electron chi connectivity index (χ1n) is 12.8. The van der Waals surface area contributed by atoms with Gasteiger partial charge in [0, 0.05) is 17.3 Å². The standard InChI is InChI=1S/C27H38O4/c1-5-31-21(28)8-11-26(29)20-13-17(20)23-22-16-12-19(16)27(30)14-15(2)6-9-24(27,3)18(22)7-10-25(23,26)4/h15-20,22-23,29-30H,5-7,9-10,12-14H2,1-4H3/t15-,16-,17+,18?,19+,20-,22?,23?,24+,25-,26-,27+/m0/s1. The summed E-state index contributed by atoms with van der Waals surface area (Å²) in [6, 6.07) is 0. The van der Waals surface area contributed by atoms with Crippen LogP contribution in [0.15, 0.2) is 0 Å². The predicted octanol–water partition coefficient (Wildman–Crippen LogP) is 3.79. The minimum atomic E-state index is -1.08. The van der Waals surface area contributed by atoms with E-state index < -0.39 is 17.2 Å². The molecule has 12 atom stereocenters. The number of hydrogen-bond acceptors (Lipinski definition) is 4. The smallest absolute Gasteiger partial charge is 0.384 e. The fraction of sp³-hybridized carbons (Fsp3) is 0.889. The molecular weight excluding hydrogens is 388 g/mol. The van der Waals surface area contributed by atoms with Gasteiger partial charge < -0.3 is 14.9 Å². The number of rotatable bonds is 1. The molecule has 0 heterocycles. The normalized spacial score (nSPS) is 60.2. The molecule has 170 valence electrons. The van der Waals surface area contributed by atoms with Crippen LogP contribution in [-0.2, 0) is 9.53 Å². The lowest BCUT2D eigenvalue weighted by Crippen LogP contribution is -2.65. The van der Waals surface area contributed by atoms with Gasteiger partial charge >= 0.3 is 5.97 Å². The lowest BCUT2D eigenvalue weighted by Gasteiger charge is -2.64. The van der Waals surface area contributed by atoms with E-state index >= 15 is 0 Å². The van der Waals surface area contributed by atoms with Crippen molar-refractivity contribution >= 4 is 5.97 Å². The molecule has 3 unspecified atom stereocenters. The van der Waals surface area contributed by atoms with E-state index in [1.54, 1.807) is 6.92 Å². The molecule has 0 amide bonds. The second-order valence-corrected chi connectivity index (χ2v) is 12.6. The van der Waals surface area contributed by atoms with Crippen molar-refractivity contribution in [1.82, 2.24) is 0 Å². The van der Waals surface area contributed by atoms with Gasteiger partial charge in [0.15, 0.2) is 0 Å². The third kappa shape index (κ3) is 2.33. The third-order valence-corrected chi connectivity index (χ3v) is 11.5. The first-order valence-corrected chi connectivity index (χ1v) is 12.8. The van der Waals surface area contributed by atoms with E-state index in [2.05, 4.69) is 32.6 Å². The molecule has 4 heteroatoms. The average molecular weight is 427 g/mol. The Labute approximate surface area is 186 Å². The maximum absolute atomic E-state index is 12.0. The van der Waals surface area contributed by atoms with Crippen LogP contribution < -0.4 is 0 Å². The van der Waals surface area contributed by atoms with E-state index in [9.17, 15) is 15.0 Å². The largest absolute Gasteiger partial charge is 0.456 e. The molecule has 0 spiro atoms. The fourth-order valence-corrected chi connectivity index (χ4v) is 9.96. The second-order valence-electron chi connectivity index (χ2n) is 12.6. The van der Waals surface area contributed by atoms with Crippen molar-refractivity contribution in [3.63, 3.8) is 0 Å². The van der Waals surface area contributed by atoms with Crippen molar-refractivity contribution in [3.05, 3.63) is 0 Å². The van der Waals surface area contributed by atoms with Gasteiger partial charge in [-0.25, -0.2) is 4.79 Å². The summed E-state index contributed by atoms with van der Waals surface area (Å²) in [6.45, 7) is 9.06. The van der Waals surface area contributed by atoms with Crippen LogP contribution in [-0.4, -0.2) is 34.0 Å². The van der Waals surface area contributed by atoms with Crippen LogP contribution in [0.5, 0.6) is 0 Å². The molecule has 0 radical (unpaired) electrons. The van der Waals surface area contributed by atoms with Gasteiger partial charge in [-0.15, -0.1) is 0 Å². The van der Waals surface area contributed by atoms with E-state index in [0.29, 0.717) is 48.0 Å². The topological polar surface area (TPSA) is 66.8 Å². The van der Waals surface area contributed by atoms with E-state index in [1.807, 2.05) is 0 Å². The van der Waals surface area contributed by atoms with Gasteiger partial charge in [0.1, 0.15) is 5.60 Å². The van der Waals surface area contributed by atoms with E-state index in [4.69, 9.17) is 4.74 Å². The van der Waals surface area contributed by atoms with Gasteiger partial charge in [-0.2, -0.15) is 0 Å². The summed E-state index contributed by atoms with van der Waals surface area (Å²) >= 11 is 0. The zero-order valence-electron chi connectivity index (χ0n) is 19.5. The molecule has 6 rings (SSSR count). The van der Waals surface area contributed by atoms with Crippen molar-refractivity contribution in [2.45, 2.75) is 83.8 Å². The van der Waals surface area contributed by atoms with Crippen molar-refractivity contribution < 1.29 is 19.7 Å². The van der Waals surface area contributed by atoms with Gasteiger partial charge in [-0.1, -0.05) is 26.7 Å². The Bertz CT molecular complexity index is 887. The summed E-state index contributed by atoms with van der Waals surface area (Å²) in [7, 11) is 0. The van der Waals surface area contributed by atoms with Gasteiger partial charge in [0.2, 0.25) is 0 Å². The van der Waals surface area contributed by atoms with E-state index in [1.165, 1.54) is 6.42 Å². The molecule has 6 aliphatic carbocycles. The lowest BCUT2D eigenvalue weighted by molar-refractivity contribution is -0.226. The summed E-state index contributed by atoms with van der Waals surface area (Å²) < 4.78 is 5.01. The number of aliphatic hydroxyl groups is 2. The number of hydrogen-bond donors (Lipinski definition) is 2. The predicted molar refractivity (Wildman–Crippen MR) is 116 cm³/mol. The summed E-state index contributed by atoms with van der Waals surface area (Å²) in [4.78, 5) is 11.9. The van der Waals surface area contributed by atoms with Gasteiger partial charge in [0.25, 0.3) is 0 Å². The monoisotopic (exact) mass is 426 g/mol. The molecule has 6 saturated carbocycles. The minimum absolute atomic E-state index is 0.00484. The Hall–Kier alpha value is -1.05. The van der Waals surface area contributed by atoms with Crippen LogP contribution in [0.1, 0.15) is 72.6 Å². The Morgan fingerprint density at radius 2 is 1.74 bits per heavy atom. The highest BCUT2D eigenvalue weighted by molar-refractivity contribution is 5.88. The summed E-state index contributed by atoms with van der Waals surface area (Å²) in [6.07, 6.45) is 7.54. The molecule has 6 aliphatic rings. The molecular formula is C27H38O4. The van der Waals surface area contributed by atoms with Crippen LogP contribution in [0, 0.1) is 70.0 Å². The van der Waals surface area contributed by atoms with E-state index in [-0.39, 0.29) is 16.7 Å². The summed E-state index contributed by atoms with van der Waals surface area (Å²) in [5.74, 6) is 9.17. The van der Waals surface area contributed by atoms with Crippen molar-refractivity contribution in [3.8, 4) is 11.8 Å². The van der Waals surface area contributed by atoms with Gasteiger partial charge in [0.05, 0.1) is 12.2 Å². The first-order chi connectivity index (χ1) is 14.6. The maximum atomic E-state index is 12.0. The Kier molecular flexibility index (Phi) is 4.04. The first kappa shape index (κ1) is 20.5. The molecule has 0 aromatic heterocycles. The minimum Gasteiger partial charge on any atom is -0.456 e. The SMILES string of the molecule is CCOC(=O)C#C[C@]1(O)[C@H]2C[C@H]2C2C3C(CC[C@@]21C)[C@@]1(C)CC[C@H](C)C[C@@]1(O)[C@@H]1C[C@H]31. The molecule has 31 heavy (non-hydrogen) atoms. The lowest BCUT2D eigenvalue weighted by atomic mass is 9.42.